The van der Waals surface area contributed by atoms with Crippen LogP contribution in [0.5, 0.6) is 5.88 Å². The highest BCUT2D eigenvalue weighted by Crippen LogP contribution is 2.11. The first-order valence-corrected chi connectivity index (χ1v) is 4.81. The Labute approximate surface area is 83.1 Å². The molecule has 13 heavy (non-hydrogen) atoms. The summed E-state index contributed by atoms with van der Waals surface area (Å²) in [5.41, 5.74) is 0.732. The average molecular weight is 252 g/mol. The van der Waals surface area contributed by atoms with E-state index < -0.39 is 6.61 Å². The molecule has 1 aromatic rings. The number of halogens is 3. The van der Waals surface area contributed by atoms with Crippen LogP contribution in [0.4, 0.5) is 8.78 Å². The molecule has 0 atom stereocenters. The Kier molecular flexibility index (Phi) is 4.08. The highest BCUT2D eigenvalue weighted by Gasteiger charge is 2.05. The molecule has 0 amide bonds. The summed E-state index contributed by atoms with van der Waals surface area (Å²) in [6.45, 7) is -2.81. The van der Waals surface area contributed by atoms with Gasteiger partial charge in [-0.1, -0.05) is 22.0 Å². The number of pyridine rings is 1. The van der Waals surface area contributed by atoms with Gasteiger partial charge in [-0.05, 0) is 12.5 Å². The Morgan fingerprint density at radius 3 is 2.85 bits per heavy atom. The van der Waals surface area contributed by atoms with E-state index in [-0.39, 0.29) is 5.88 Å². The smallest absolute Gasteiger partial charge is 0.388 e. The highest BCUT2D eigenvalue weighted by atomic mass is 79.9. The predicted octanol–water partition coefficient (Wildman–Crippen LogP) is 2.62. The zero-order chi connectivity index (χ0) is 9.68. The van der Waals surface area contributed by atoms with Crippen LogP contribution in [0.1, 0.15) is 5.69 Å². The molecular formula is C8H8BrF2NO. The summed E-state index contributed by atoms with van der Waals surface area (Å²) < 4.78 is 27.7. The number of ether oxygens (including phenoxy) is 1. The summed E-state index contributed by atoms with van der Waals surface area (Å²) in [4.78, 5) is 3.87. The van der Waals surface area contributed by atoms with Gasteiger partial charge < -0.3 is 4.74 Å². The van der Waals surface area contributed by atoms with Gasteiger partial charge in [-0.15, -0.1) is 0 Å². The van der Waals surface area contributed by atoms with Gasteiger partial charge in [0.15, 0.2) is 0 Å². The van der Waals surface area contributed by atoms with Crippen molar-refractivity contribution >= 4 is 15.9 Å². The molecule has 1 heterocycles. The molecule has 0 saturated heterocycles. The van der Waals surface area contributed by atoms with Crippen molar-refractivity contribution in [1.82, 2.24) is 4.98 Å². The molecule has 0 radical (unpaired) electrons. The van der Waals surface area contributed by atoms with Gasteiger partial charge >= 0.3 is 6.61 Å². The molecule has 0 aliphatic heterocycles. The summed E-state index contributed by atoms with van der Waals surface area (Å²) >= 11 is 3.23. The van der Waals surface area contributed by atoms with Crippen LogP contribution in [0.25, 0.3) is 0 Å². The predicted molar refractivity (Wildman–Crippen MR) is 48.4 cm³/mol. The zero-order valence-electron chi connectivity index (χ0n) is 6.71. The second-order valence-electron chi connectivity index (χ2n) is 2.28. The monoisotopic (exact) mass is 251 g/mol. The van der Waals surface area contributed by atoms with Crippen molar-refractivity contribution in [1.29, 1.82) is 0 Å². The first-order valence-electron chi connectivity index (χ1n) is 3.69. The lowest BCUT2D eigenvalue weighted by atomic mass is 10.3. The Bertz CT molecular complexity index is 270. The van der Waals surface area contributed by atoms with E-state index in [4.69, 9.17) is 0 Å². The fourth-order valence-electron chi connectivity index (χ4n) is 0.851. The fourth-order valence-corrected chi connectivity index (χ4v) is 1.26. The van der Waals surface area contributed by atoms with Crippen LogP contribution >= 0.6 is 15.9 Å². The third kappa shape index (κ3) is 3.67. The van der Waals surface area contributed by atoms with Crippen LogP contribution in [0, 0.1) is 0 Å². The molecule has 0 aliphatic carbocycles. The number of rotatable bonds is 4. The molecule has 5 heteroatoms. The Morgan fingerprint density at radius 2 is 2.23 bits per heavy atom. The van der Waals surface area contributed by atoms with Crippen LogP contribution in [0.2, 0.25) is 0 Å². The molecule has 0 unspecified atom stereocenters. The summed E-state index contributed by atoms with van der Waals surface area (Å²) in [6.07, 6.45) is 0.695. The maximum absolute atomic E-state index is 11.8. The van der Waals surface area contributed by atoms with Crippen molar-refractivity contribution in [2.24, 2.45) is 0 Å². The van der Waals surface area contributed by atoms with E-state index in [1.165, 1.54) is 6.07 Å². The lowest BCUT2D eigenvalue weighted by molar-refractivity contribution is -0.0529. The summed E-state index contributed by atoms with van der Waals surface area (Å²) in [7, 11) is 0. The molecule has 2 nitrogen and oxygen atoms in total. The number of hydrogen-bond donors (Lipinski definition) is 0. The van der Waals surface area contributed by atoms with Gasteiger partial charge in [0.1, 0.15) is 0 Å². The largest absolute Gasteiger partial charge is 0.417 e. The van der Waals surface area contributed by atoms with E-state index in [1.54, 1.807) is 12.1 Å². The van der Waals surface area contributed by atoms with E-state index >= 15 is 0 Å². The van der Waals surface area contributed by atoms with Crippen molar-refractivity contribution < 1.29 is 13.5 Å². The van der Waals surface area contributed by atoms with Crippen molar-refractivity contribution in [3.63, 3.8) is 0 Å². The van der Waals surface area contributed by atoms with Crippen molar-refractivity contribution in [3.05, 3.63) is 23.9 Å². The van der Waals surface area contributed by atoms with Gasteiger partial charge in [-0.3, -0.25) is 0 Å². The van der Waals surface area contributed by atoms with E-state index in [1.807, 2.05) is 0 Å². The first kappa shape index (κ1) is 10.4. The Morgan fingerprint density at radius 1 is 1.46 bits per heavy atom. The van der Waals surface area contributed by atoms with E-state index in [0.717, 1.165) is 11.0 Å². The van der Waals surface area contributed by atoms with Crippen molar-refractivity contribution in [3.8, 4) is 5.88 Å². The number of aromatic nitrogens is 1. The van der Waals surface area contributed by atoms with Gasteiger partial charge in [-0.25, -0.2) is 4.98 Å². The van der Waals surface area contributed by atoms with Gasteiger partial charge in [0.2, 0.25) is 5.88 Å². The maximum atomic E-state index is 11.8. The van der Waals surface area contributed by atoms with E-state index in [2.05, 4.69) is 25.7 Å². The van der Waals surface area contributed by atoms with Crippen LogP contribution in [-0.4, -0.2) is 16.9 Å². The molecular weight excluding hydrogens is 244 g/mol. The summed E-state index contributed by atoms with van der Waals surface area (Å²) in [6, 6.07) is 4.81. The van der Waals surface area contributed by atoms with Gasteiger partial charge in [0.25, 0.3) is 0 Å². The third-order valence-electron chi connectivity index (χ3n) is 1.34. The summed E-state index contributed by atoms with van der Waals surface area (Å²) in [5.74, 6) is -0.0338. The lowest BCUT2D eigenvalue weighted by Crippen LogP contribution is -2.04. The molecule has 0 aliphatic rings. The molecule has 0 bridgehead atoms. The molecule has 0 N–H and O–H groups in total. The quantitative estimate of drug-likeness (QED) is 0.768. The SMILES string of the molecule is FC(F)Oc1cccc(CCBr)n1. The van der Waals surface area contributed by atoms with Gasteiger partial charge in [-0.2, -0.15) is 8.78 Å². The van der Waals surface area contributed by atoms with Gasteiger partial charge in [0, 0.05) is 17.1 Å². The summed E-state index contributed by atoms with van der Waals surface area (Å²) in [5, 5.41) is 0.748. The second kappa shape index (κ2) is 5.11. The molecule has 72 valence electrons. The molecule has 0 aromatic carbocycles. The highest BCUT2D eigenvalue weighted by molar-refractivity contribution is 9.09. The van der Waals surface area contributed by atoms with Gasteiger partial charge in [0.05, 0.1) is 0 Å². The lowest BCUT2D eigenvalue weighted by Gasteiger charge is -2.04. The fraction of sp³-hybridized carbons (Fsp3) is 0.375. The molecule has 1 aromatic heterocycles. The van der Waals surface area contributed by atoms with E-state index in [9.17, 15) is 8.78 Å². The average Bonchev–Trinajstić information content (AvgIpc) is 2.04. The molecule has 0 spiro atoms. The standard InChI is InChI=1S/C8H8BrF2NO/c9-5-4-6-2-1-3-7(12-6)13-8(10)11/h1-3,8H,4-5H2. The minimum Gasteiger partial charge on any atom is -0.417 e. The minimum atomic E-state index is -2.81. The Hall–Kier alpha value is -0.710. The minimum absolute atomic E-state index is 0.0338. The van der Waals surface area contributed by atoms with Crippen LogP contribution < -0.4 is 4.74 Å². The van der Waals surface area contributed by atoms with Crippen LogP contribution in [0.3, 0.4) is 0 Å². The number of hydrogen-bond acceptors (Lipinski definition) is 2. The normalized spacial score (nSPS) is 10.5. The van der Waals surface area contributed by atoms with Crippen LogP contribution in [0.15, 0.2) is 18.2 Å². The second-order valence-corrected chi connectivity index (χ2v) is 3.08. The number of aryl methyl sites for hydroxylation is 1. The van der Waals surface area contributed by atoms with Crippen molar-refractivity contribution in [2.45, 2.75) is 13.0 Å². The first-order chi connectivity index (χ1) is 6.22. The van der Waals surface area contributed by atoms with Crippen LogP contribution in [-0.2, 0) is 6.42 Å². The van der Waals surface area contributed by atoms with E-state index in [0.29, 0.717) is 6.42 Å². The molecule has 0 saturated carbocycles. The maximum Gasteiger partial charge on any atom is 0.388 e. The molecule has 0 fully saturated rings. The number of nitrogens with zero attached hydrogens (tertiary/aromatic N) is 1. The van der Waals surface area contributed by atoms with Crippen molar-refractivity contribution in [2.75, 3.05) is 5.33 Å². The number of alkyl halides is 3. The topological polar surface area (TPSA) is 22.1 Å². The third-order valence-corrected chi connectivity index (χ3v) is 1.74. The Balaban J connectivity index is 2.67. The zero-order valence-corrected chi connectivity index (χ0v) is 8.30. The molecule has 1 rings (SSSR count).